The van der Waals surface area contributed by atoms with Crippen molar-refractivity contribution in [2.75, 3.05) is 18.4 Å². The van der Waals surface area contributed by atoms with Crippen molar-refractivity contribution < 1.29 is 18.0 Å². The number of halogens is 4. The van der Waals surface area contributed by atoms with E-state index in [-0.39, 0.29) is 11.6 Å². The van der Waals surface area contributed by atoms with Gasteiger partial charge in [0.05, 0.1) is 5.56 Å². The van der Waals surface area contributed by atoms with Crippen molar-refractivity contribution in [3.05, 3.63) is 29.6 Å². The largest absolute Gasteiger partial charge is 0.417 e. The van der Waals surface area contributed by atoms with E-state index >= 15 is 0 Å². The lowest BCUT2D eigenvalue weighted by atomic mass is 10.2. The molecule has 0 aliphatic carbocycles. The lowest BCUT2D eigenvalue weighted by Gasteiger charge is -2.20. The Labute approximate surface area is 117 Å². The lowest BCUT2D eigenvalue weighted by Crippen LogP contribution is -2.34. The zero-order chi connectivity index (χ0) is 14.5. The predicted octanol–water partition coefficient (Wildman–Crippen LogP) is 3.35. The van der Waals surface area contributed by atoms with E-state index in [2.05, 4.69) is 20.9 Å². The normalized spacial score (nSPS) is 11.4. The lowest BCUT2D eigenvalue weighted by molar-refractivity contribution is -0.137. The Hall–Kier alpha value is -1.11. The van der Waals surface area contributed by atoms with Gasteiger partial charge in [-0.05, 0) is 18.6 Å². The molecule has 0 N–H and O–H groups in total. The molecule has 19 heavy (non-hydrogen) atoms. The summed E-state index contributed by atoms with van der Waals surface area (Å²) in [4.78, 5) is 17.2. The summed E-state index contributed by atoms with van der Waals surface area (Å²) in [6.45, 7) is 2.97. The van der Waals surface area contributed by atoms with Crippen LogP contribution in [-0.4, -0.2) is 34.2 Å². The highest BCUT2D eigenvalue weighted by atomic mass is 79.9. The van der Waals surface area contributed by atoms with E-state index in [4.69, 9.17) is 0 Å². The number of carbonyl (C=O) groups excluding carboxylic acids is 1. The summed E-state index contributed by atoms with van der Waals surface area (Å²) in [5, 5.41) is 0.610. The number of rotatable bonds is 5. The summed E-state index contributed by atoms with van der Waals surface area (Å²) in [5.41, 5.74) is -0.825. The number of pyridine rings is 1. The molecule has 0 saturated carbocycles. The first-order chi connectivity index (χ1) is 8.90. The van der Waals surface area contributed by atoms with Crippen LogP contribution >= 0.6 is 15.9 Å². The third kappa shape index (κ3) is 4.49. The van der Waals surface area contributed by atoms with E-state index in [9.17, 15) is 18.0 Å². The van der Waals surface area contributed by atoms with Crippen LogP contribution in [0, 0.1) is 0 Å². The molecule has 0 saturated heterocycles. The molecule has 1 aromatic rings. The fraction of sp³-hybridized carbons (Fsp3) is 0.500. The van der Waals surface area contributed by atoms with Crippen LogP contribution in [0.4, 0.5) is 13.2 Å². The van der Waals surface area contributed by atoms with E-state index in [0.29, 0.717) is 24.6 Å². The molecule has 0 radical (unpaired) electrons. The zero-order valence-electron chi connectivity index (χ0n) is 10.4. The molecule has 1 amide bonds. The van der Waals surface area contributed by atoms with Crippen LogP contribution in [0.15, 0.2) is 18.3 Å². The second kappa shape index (κ2) is 6.88. The van der Waals surface area contributed by atoms with E-state index in [1.54, 1.807) is 4.90 Å². The third-order valence-corrected chi connectivity index (χ3v) is 2.80. The molecular formula is C12H14BrF3N2O. The summed E-state index contributed by atoms with van der Waals surface area (Å²) in [7, 11) is 0. The molecule has 0 aromatic carbocycles. The van der Waals surface area contributed by atoms with Crippen molar-refractivity contribution in [3.63, 3.8) is 0 Å². The Morgan fingerprint density at radius 1 is 1.37 bits per heavy atom. The Morgan fingerprint density at radius 3 is 2.47 bits per heavy atom. The molecule has 106 valence electrons. The molecule has 0 atom stereocenters. The topological polar surface area (TPSA) is 33.2 Å². The standard InChI is InChI=1S/C12H14BrF3N2O/c1-2-6-18(7-5-13)11(19)10-4-3-9(8-17-10)12(14,15)16/h3-4,8H,2,5-7H2,1H3. The van der Waals surface area contributed by atoms with Crippen LogP contribution in [0.25, 0.3) is 0 Å². The highest BCUT2D eigenvalue weighted by Crippen LogP contribution is 2.28. The van der Waals surface area contributed by atoms with Gasteiger partial charge in [0.2, 0.25) is 0 Å². The van der Waals surface area contributed by atoms with Gasteiger partial charge >= 0.3 is 6.18 Å². The fourth-order valence-electron chi connectivity index (χ4n) is 1.54. The van der Waals surface area contributed by atoms with Crippen molar-refractivity contribution in [2.45, 2.75) is 19.5 Å². The fourth-order valence-corrected chi connectivity index (χ4v) is 1.96. The summed E-state index contributed by atoms with van der Waals surface area (Å²) < 4.78 is 37.1. The predicted molar refractivity (Wildman–Crippen MR) is 69.2 cm³/mol. The highest BCUT2D eigenvalue weighted by molar-refractivity contribution is 9.09. The Kier molecular flexibility index (Phi) is 5.78. The van der Waals surface area contributed by atoms with Gasteiger partial charge in [-0.3, -0.25) is 9.78 Å². The minimum atomic E-state index is -4.44. The minimum Gasteiger partial charge on any atom is -0.336 e. The number of alkyl halides is 4. The van der Waals surface area contributed by atoms with Crippen LogP contribution in [-0.2, 0) is 6.18 Å². The average Bonchev–Trinajstić information content (AvgIpc) is 2.37. The van der Waals surface area contributed by atoms with Crippen LogP contribution in [0.5, 0.6) is 0 Å². The van der Waals surface area contributed by atoms with Crippen LogP contribution in [0.1, 0.15) is 29.4 Å². The molecule has 0 unspecified atom stereocenters. The van der Waals surface area contributed by atoms with E-state index in [1.165, 1.54) is 0 Å². The number of carbonyl (C=O) groups is 1. The number of hydrogen-bond acceptors (Lipinski definition) is 2. The van der Waals surface area contributed by atoms with E-state index < -0.39 is 11.7 Å². The summed E-state index contributed by atoms with van der Waals surface area (Å²) in [5.74, 6) is -0.352. The summed E-state index contributed by atoms with van der Waals surface area (Å²) in [6, 6.07) is 1.99. The van der Waals surface area contributed by atoms with Gasteiger partial charge in [0, 0.05) is 24.6 Å². The maximum atomic E-state index is 12.4. The van der Waals surface area contributed by atoms with E-state index in [0.717, 1.165) is 18.6 Å². The first-order valence-electron chi connectivity index (χ1n) is 5.78. The molecule has 3 nitrogen and oxygen atoms in total. The molecule has 1 rings (SSSR count). The second-order valence-electron chi connectivity index (χ2n) is 3.91. The molecular weight excluding hydrogens is 325 g/mol. The summed E-state index contributed by atoms with van der Waals surface area (Å²) >= 11 is 3.24. The average molecular weight is 339 g/mol. The SMILES string of the molecule is CCCN(CCBr)C(=O)c1ccc(C(F)(F)F)cn1. The molecule has 0 spiro atoms. The van der Waals surface area contributed by atoms with Gasteiger partial charge in [0.15, 0.2) is 0 Å². The van der Waals surface area contributed by atoms with Gasteiger partial charge < -0.3 is 4.90 Å². The first-order valence-corrected chi connectivity index (χ1v) is 6.90. The molecule has 1 heterocycles. The number of hydrogen-bond donors (Lipinski definition) is 0. The molecule has 1 aromatic heterocycles. The van der Waals surface area contributed by atoms with Crippen molar-refractivity contribution in [1.29, 1.82) is 0 Å². The Bertz CT molecular complexity index is 414. The van der Waals surface area contributed by atoms with Gasteiger partial charge in [0.25, 0.3) is 5.91 Å². The maximum absolute atomic E-state index is 12.4. The van der Waals surface area contributed by atoms with Crippen molar-refractivity contribution in [3.8, 4) is 0 Å². The van der Waals surface area contributed by atoms with Crippen molar-refractivity contribution in [1.82, 2.24) is 9.88 Å². The quantitative estimate of drug-likeness (QED) is 0.771. The maximum Gasteiger partial charge on any atom is 0.417 e. The van der Waals surface area contributed by atoms with Gasteiger partial charge in [0.1, 0.15) is 5.69 Å². The zero-order valence-corrected chi connectivity index (χ0v) is 12.0. The van der Waals surface area contributed by atoms with Crippen molar-refractivity contribution >= 4 is 21.8 Å². The van der Waals surface area contributed by atoms with Crippen LogP contribution < -0.4 is 0 Å². The van der Waals surface area contributed by atoms with Crippen molar-refractivity contribution in [2.24, 2.45) is 0 Å². The first kappa shape index (κ1) is 15.9. The van der Waals surface area contributed by atoms with Gasteiger partial charge in [-0.15, -0.1) is 0 Å². The molecule has 0 aliphatic heterocycles. The Morgan fingerprint density at radius 2 is 2.05 bits per heavy atom. The van der Waals surface area contributed by atoms with Gasteiger partial charge in [-0.2, -0.15) is 13.2 Å². The van der Waals surface area contributed by atoms with Crippen LogP contribution in [0.2, 0.25) is 0 Å². The monoisotopic (exact) mass is 338 g/mol. The minimum absolute atomic E-state index is 0.0300. The van der Waals surface area contributed by atoms with Gasteiger partial charge in [-0.1, -0.05) is 22.9 Å². The number of aromatic nitrogens is 1. The second-order valence-corrected chi connectivity index (χ2v) is 4.70. The third-order valence-electron chi connectivity index (χ3n) is 2.45. The number of nitrogens with zero attached hydrogens (tertiary/aromatic N) is 2. The molecule has 7 heteroatoms. The highest BCUT2D eigenvalue weighted by Gasteiger charge is 2.31. The van der Waals surface area contributed by atoms with Crippen LogP contribution in [0.3, 0.4) is 0 Å². The number of amides is 1. The summed E-state index contributed by atoms with van der Waals surface area (Å²) in [6.07, 6.45) is -2.97. The molecule has 0 bridgehead atoms. The Balaban J connectivity index is 2.87. The molecule has 0 aliphatic rings. The molecule has 0 fully saturated rings. The van der Waals surface area contributed by atoms with Gasteiger partial charge in [-0.25, -0.2) is 0 Å². The smallest absolute Gasteiger partial charge is 0.336 e. The van der Waals surface area contributed by atoms with E-state index in [1.807, 2.05) is 6.92 Å².